The molecule has 3 aromatic rings. The van der Waals surface area contributed by atoms with Crippen molar-refractivity contribution < 1.29 is 29.0 Å². The molecule has 156 valence electrons. The van der Waals surface area contributed by atoms with Gasteiger partial charge in [0.05, 0.1) is 24.5 Å². The SMILES string of the molecule is COc1cc(C)cc2oc(=O)c(CC(=O)NC(C(=O)O)c3ccc(O)cc3)c(C)c12. The molecule has 0 saturated heterocycles. The second-order valence-electron chi connectivity index (χ2n) is 6.94. The summed E-state index contributed by atoms with van der Waals surface area (Å²) in [6.07, 6.45) is -0.358. The molecule has 8 nitrogen and oxygen atoms in total. The first-order chi connectivity index (χ1) is 14.2. The van der Waals surface area contributed by atoms with Crippen molar-refractivity contribution in [3.05, 3.63) is 69.1 Å². The van der Waals surface area contributed by atoms with Gasteiger partial charge in [0.15, 0.2) is 6.04 Å². The second kappa shape index (κ2) is 8.28. The normalized spacial score (nSPS) is 11.8. The summed E-state index contributed by atoms with van der Waals surface area (Å²) in [6, 6.07) is 7.63. The Bertz CT molecular complexity index is 1180. The molecule has 2 aromatic carbocycles. The number of carboxylic acid groups (broad SMARTS) is 1. The molecule has 0 aliphatic heterocycles. The number of aliphatic carboxylic acids is 1. The Morgan fingerprint density at radius 3 is 2.43 bits per heavy atom. The van der Waals surface area contributed by atoms with Crippen LogP contribution in [0, 0.1) is 13.8 Å². The molecule has 0 saturated carbocycles. The van der Waals surface area contributed by atoms with E-state index >= 15 is 0 Å². The van der Waals surface area contributed by atoms with Crippen LogP contribution < -0.4 is 15.7 Å². The van der Waals surface area contributed by atoms with Crippen LogP contribution in [0.2, 0.25) is 0 Å². The van der Waals surface area contributed by atoms with E-state index in [4.69, 9.17) is 9.15 Å². The Labute approximate surface area is 171 Å². The maximum absolute atomic E-state index is 12.6. The zero-order valence-corrected chi connectivity index (χ0v) is 16.7. The Morgan fingerprint density at radius 1 is 1.17 bits per heavy atom. The number of phenolic OH excluding ortho intramolecular Hbond substituents is 1. The quantitative estimate of drug-likeness (QED) is 0.532. The number of hydrogen-bond acceptors (Lipinski definition) is 6. The van der Waals surface area contributed by atoms with Gasteiger partial charge in [-0.2, -0.15) is 0 Å². The number of methoxy groups -OCH3 is 1. The lowest BCUT2D eigenvalue weighted by Crippen LogP contribution is -2.35. The highest BCUT2D eigenvalue weighted by Gasteiger charge is 2.24. The van der Waals surface area contributed by atoms with Crippen molar-refractivity contribution in [1.29, 1.82) is 0 Å². The summed E-state index contributed by atoms with van der Waals surface area (Å²) in [5.74, 6) is -1.44. The molecule has 1 unspecified atom stereocenters. The monoisotopic (exact) mass is 411 g/mol. The van der Waals surface area contributed by atoms with Gasteiger partial charge in [-0.25, -0.2) is 9.59 Å². The average molecular weight is 411 g/mol. The van der Waals surface area contributed by atoms with E-state index in [1.807, 2.05) is 6.92 Å². The fraction of sp³-hybridized carbons (Fsp3) is 0.227. The van der Waals surface area contributed by atoms with E-state index in [9.17, 15) is 24.6 Å². The number of aryl methyl sites for hydroxylation is 2. The van der Waals surface area contributed by atoms with E-state index < -0.39 is 23.5 Å². The average Bonchev–Trinajstić information content (AvgIpc) is 2.69. The second-order valence-corrected chi connectivity index (χ2v) is 6.94. The van der Waals surface area contributed by atoms with Crippen LogP contribution in [0.3, 0.4) is 0 Å². The van der Waals surface area contributed by atoms with Crippen LogP contribution in [-0.4, -0.2) is 29.2 Å². The van der Waals surface area contributed by atoms with E-state index in [0.29, 0.717) is 22.3 Å². The summed E-state index contributed by atoms with van der Waals surface area (Å²) in [7, 11) is 1.50. The van der Waals surface area contributed by atoms with Gasteiger partial charge in [0, 0.05) is 0 Å². The molecule has 1 amide bonds. The van der Waals surface area contributed by atoms with Gasteiger partial charge in [-0.3, -0.25) is 4.79 Å². The van der Waals surface area contributed by atoms with Crippen molar-refractivity contribution in [2.75, 3.05) is 7.11 Å². The molecule has 8 heteroatoms. The standard InChI is InChI=1S/C22H21NO7/c1-11-8-16(29-3)19-12(2)15(22(28)30-17(19)9-11)10-18(25)23-20(21(26)27)13-4-6-14(24)7-5-13/h4-9,20,24H,10H2,1-3H3,(H,23,25)(H,26,27). The third-order valence-corrected chi connectivity index (χ3v) is 4.82. The minimum Gasteiger partial charge on any atom is -0.508 e. The Hall–Kier alpha value is -3.81. The van der Waals surface area contributed by atoms with Crippen LogP contribution >= 0.6 is 0 Å². The summed E-state index contributed by atoms with van der Waals surface area (Å²) in [4.78, 5) is 36.7. The molecular formula is C22H21NO7. The summed E-state index contributed by atoms with van der Waals surface area (Å²) >= 11 is 0. The Morgan fingerprint density at radius 2 is 1.83 bits per heavy atom. The summed E-state index contributed by atoms with van der Waals surface area (Å²) in [5, 5.41) is 21.8. The van der Waals surface area contributed by atoms with Crippen molar-refractivity contribution in [2.45, 2.75) is 26.3 Å². The third kappa shape index (κ3) is 4.12. The number of nitrogens with one attached hydrogen (secondary N) is 1. The largest absolute Gasteiger partial charge is 0.508 e. The first kappa shape index (κ1) is 20.9. The van der Waals surface area contributed by atoms with Crippen molar-refractivity contribution in [2.24, 2.45) is 0 Å². The fourth-order valence-electron chi connectivity index (χ4n) is 3.33. The minimum atomic E-state index is -1.33. The highest BCUT2D eigenvalue weighted by atomic mass is 16.5. The van der Waals surface area contributed by atoms with Gasteiger partial charge in [-0.1, -0.05) is 12.1 Å². The summed E-state index contributed by atoms with van der Waals surface area (Å²) in [6.45, 7) is 3.53. The van der Waals surface area contributed by atoms with E-state index in [1.165, 1.54) is 31.4 Å². The van der Waals surface area contributed by atoms with Crippen molar-refractivity contribution in [3.8, 4) is 11.5 Å². The number of hydrogen-bond donors (Lipinski definition) is 3. The molecule has 0 bridgehead atoms. The summed E-state index contributed by atoms with van der Waals surface area (Å²) in [5.41, 5.74) is 1.48. The van der Waals surface area contributed by atoms with Gasteiger partial charge < -0.3 is 24.7 Å². The first-order valence-electron chi connectivity index (χ1n) is 9.13. The molecule has 0 aliphatic carbocycles. The number of ether oxygens (including phenoxy) is 1. The van der Waals surface area contributed by atoms with Crippen LogP contribution in [0.25, 0.3) is 11.0 Å². The van der Waals surface area contributed by atoms with Gasteiger partial charge in [0.25, 0.3) is 0 Å². The van der Waals surface area contributed by atoms with Gasteiger partial charge in [-0.05, 0) is 54.8 Å². The summed E-state index contributed by atoms with van der Waals surface area (Å²) < 4.78 is 10.8. The highest BCUT2D eigenvalue weighted by Crippen LogP contribution is 2.31. The van der Waals surface area contributed by atoms with Crippen LogP contribution in [0.15, 0.2) is 45.6 Å². The predicted octanol–water partition coefficient (Wildman–Crippen LogP) is 2.61. The van der Waals surface area contributed by atoms with Crippen LogP contribution in [0.1, 0.15) is 28.3 Å². The lowest BCUT2D eigenvalue weighted by molar-refractivity contribution is -0.142. The van der Waals surface area contributed by atoms with Gasteiger partial charge in [0.2, 0.25) is 5.91 Å². The van der Waals surface area contributed by atoms with Crippen molar-refractivity contribution >= 4 is 22.8 Å². The van der Waals surface area contributed by atoms with E-state index in [-0.39, 0.29) is 23.3 Å². The maximum atomic E-state index is 12.6. The highest BCUT2D eigenvalue weighted by molar-refractivity contribution is 5.90. The fourth-order valence-corrected chi connectivity index (χ4v) is 3.33. The number of carboxylic acids is 1. The number of fused-ring (bicyclic) bond motifs is 1. The number of benzene rings is 2. The van der Waals surface area contributed by atoms with Crippen molar-refractivity contribution in [1.82, 2.24) is 5.32 Å². The number of rotatable bonds is 6. The van der Waals surface area contributed by atoms with E-state index in [2.05, 4.69) is 5.32 Å². The van der Waals surface area contributed by atoms with Crippen LogP contribution in [-0.2, 0) is 16.0 Å². The maximum Gasteiger partial charge on any atom is 0.340 e. The number of phenols is 1. The lowest BCUT2D eigenvalue weighted by atomic mass is 10.0. The molecule has 0 spiro atoms. The Balaban J connectivity index is 1.94. The van der Waals surface area contributed by atoms with Gasteiger partial charge >= 0.3 is 11.6 Å². The third-order valence-electron chi connectivity index (χ3n) is 4.82. The zero-order valence-electron chi connectivity index (χ0n) is 16.7. The smallest absolute Gasteiger partial charge is 0.340 e. The molecule has 0 fully saturated rings. The molecule has 3 rings (SSSR count). The number of amides is 1. The lowest BCUT2D eigenvalue weighted by Gasteiger charge is -2.16. The number of aromatic hydroxyl groups is 1. The van der Waals surface area contributed by atoms with Crippen LogP contribution in [0.4, 0.5) is 0 Å². The molecule has 0 radical (unpaired) electrons. The Kier molecular flexibility index (Phi) is 5.77. The minimum absolute atomic E-state index is 0.0252. The molecule has 1 heterocycles. The van der Waals surface area contributed by atoms with Crippen LogP contribution in [0.5, 0.6) is 11.5 Å². The van der Waals surface area contributed by atoms with Gasteiger partial charge in [0.1, 0.15) is 17.1 Å². The molecule has 1 atom stereocenters. The molecule has 0 aliphatic rings. The van der Waals surface area contributed by atoms with E-state index in [0.717, 1.165) is 5.56 Å². The predicted molar refractivity (Wildman–Crippen MR) is 109 cm³/mol. The molecular weight excluding hydrogens is 390 g/mol. The molecule has 30 heavy (non-hydrogen) atoms. The number of carbonyl (C=O) groups is 2. The topological polar surface area (TPSA) is 126 Å². The van der Waals surface area contributed by atoms with Gasteiger partial charge in [-0.15, -0.1) is 0 Å². The molecule has 3 N–H and O–H groups in total. The van der Waals surface area contributed by atoms with E-state index in [1.54, 1.807) is 19.1 Å². The first-order valence-corrected chi connectivity index (χ1v) is 9.13. The van der Waals surface area contributed by atoms with Crippen molar-refractivity contribution in [3.63, 3.8) is 0 Å². The number of carbonyl (C=O) groups excluding carboxylic acids is 1. The molecule has 1 aromatic heterocycles. The zero-order chi connectivity index (χ0) is 22.0.